The van der Waals surface area contributed by atoms with E-state index < -0.39 is 22.1 Å². The van der Waals surface area contributed by atoms with Crippen molar-refractivity contribution in [3.63, 3.8) is 0 Å². The summed E-state index contributed by atoms with van der Waals surface area (Å²) >= 11 is 0. The van der Waals surface area contributed by atoms with Crippen LogP contribution in [0.1, 0.15) is 11.1 Å². The number of anilines is 1. The van der Waals surface area contributed by atoms with Crippen molar-refractivity contribution in [2.45, 2.75) is 24.8 Å². The molecule has 1 aliphatic heterocycles. The lowest BCUT2D eigenvalue weighted by atomic mass is 10.1. The van der Waals surface area contributed by atoms with E-state index in [0.717, 1.165) is 15.4 Å². The number of nitrogens with zero attached hydrogens (tertiary/aromatic N) is 1. The number of hydrogen-bond acceptors (Lipinski definition) is 4. The Bertz CT molecular complexity index is 890. The Hall–Kier alpha value is -2.54. The molecule has 0 fully saturated rings. The summed E-state index contributed by atoms with van der Waals surface area (Å²) in [5.41, 5.74) is 2.15. The SMILES string of the molecule is Cc1ccc(S(=O)(=O)N2CC(C(=O)O)Oc3ccc(C)cc32)cc1. The summed E-state index contributed by atoms with van der Waals surface area (Å²) < 4.78 is 32.6. The van der Waals surface area contributed by atoms with E-state index in [4.69, 9.17) is 4.74 Å². The highest BCUT2D eigenvalue weighted by molar-refractivity contribution is 7.92. The summed E-state index contributed by atoms with van der Waals surface area (Å²) in [5.74, 6) is -0.958. The van der Waals surface area contributed by atoms with Crippen LogP contribution in [-0.4, -0.2) is 32.1 Å². The van der Waals surface area contributed by atoms with Crippen molar-refractivity contribution in [1.29, 1.82) is 0 Å². The molecule has 2 aromatic rings. The van der Waals surface area contributed by atoms with Gasteiger partial charge in [-0.15, -0.1) is 0 Å². The monoisotopic (exact) mass is 347 g/mol. The smallest absolute Gasteiger partial charge is 0.346 e. The molecule has 1 aliphatic rings. The second kappa shape index (κ2) is 5.83. The summed E-state index contributed by atoms with van der Waals surface area (Å²) in [6.45, 7) is 3.42. The highest BCUT2D eigenvalue weighted by Gasteiger charge is 2.37. The van der Waals surface area contributed by atoms with Crippen molar-refractivity contribution < 1.29 is 23.1 Å². The molecule has 6 nitrogen and oxygen atoms in total. The fraction of sp³-hybridized carbons (Fsp3) is 0.235. The molecule has 24 heavy (non-hydrogen) atoms. The minimum atomic E-state index is -3.89. The van der Waals surface area contributed by atoms with Gasteiger partial charge in [0.1, 0.15) is 5.75 Å². The zero-order chi connectivity index (χ0) is 17.5. The van der Waals surface area contributed by atoms with E-state index in [9.17, 15) is 18.3 Å². The van der Waals surface area contributed by atoms with Gasteiger partial charge in [0.2, 0.25) is 6.10 Å². The van der Waals surface area contributed by atoms with Gasteiger partial charge >= 0.3 is 5.97 Å². The average Bonchev–Trinajstić information content (AvgIpc) is 2.54. The number of fused-ring (bicyclic) bond motifs is 1. The van der Waals surface area contributed by atoms with Crippen LogP contribution in [0.5, 0.6) is 5.75 Å². The van der Waals surface area contributed by atoms with Crippen LogP contribution in [-0.2, 0) is 14.8 Å². The highest BCUT2D eigenvalue weighted by atomic mass is 32.2. The Morgan fingerprint density at radius 2 is 1.75 bits per heavy atom. The predicted octanol–water partition coefficient (Wildman–Crippen LogP) is 2.34. The molecule has 126 valence electrons. The lowest BCUT2D eigenvalue weighted by Crippen LogP contribution is -2.47. The summed E-state index contributed by atoms with van der Waals surface area (Å²) in [5, 5.41) is 9.26. The molecule has 1 atom stereocenters. The molecule has 0 bridgehead atoms. The summed E-state index contributed by atoms with van der Waals surface area (Å²) in [6.07, 6.45) is -1.25. The van der Waals surface area contributed by atoms with E-state index in [1.165, 1.54) is 12.1 Å². The molecule has 1 heterocycles. The van der Waals surface area contributed by atoms with Gasteiger partial charge in [-0.2, -0.15) is 0 Å². The third kappa shape index (κ3) is 2.82. The second-order valence-corrected chi connectivity index (χ2v) is 7.63. The van der Waals surface area contributed by atoms with Gasteiger partial charge in [0.15, 0.2) is 0 Å². The number of ether oxygens (including phenoxy) is 1. The molecule has 0 aliphatic carbocycles. The summed E-state index contributed by atoms with van der Waals surface area (Å²) in [4.78, 5) is 11.5. The van der Waals surface area contributed by atoms with E-state index in [1.807, 2.05) is 13.8 Å². The van der Waals surface area contributed by atoms with Gasteiger partial charge in [-0.05, 0) is 43.7 Å². The number of carboxylic acids is 1. The molecule has 0 aromatic heterocycles. The first kappa shape index (κ1) is 16.3. The van der Waals surface area contributed by atoms with Crippen LogP contribution in [0, 0.1) is 13.8 Å². The topological polar surface area (TPSA) is 83.9 Å². The third-order valence-electron chi connectivity index (χ3n) is 3.87. The fourth-order valence-electron chi connectivity index (χ4n) is 2.56. The summed E-state index contributed by atoms with van der Waals surface area (Å²) in [7, 11) is -3.89. The minimum absolute atomic E-state index is 0.117. The Balaban J connectivity index is 2.13. The number of aliphatic carboxylic acids is 1. The first-order valence-corrected chi connectivity index (χ1v) is 8.82. The van der Waals surface area contributed by atoms with Crippen LogP contribution in [0.3, 0.4) is 0 Å². The molecule has 3 rings (SSSR count). The minimum Gasteiger partial charge on any atom is -0.478 e. The standard InChI is InChI=1S/C17H17NO5S/c1-11-3-6-13(7-4-11)24(21,22)18-10-16(17(19)20)23-15-8-5-12(2)9-14(15)18/h3-9,16H,10H2,1-2H3,(H,19,20). The van der Waals surface area contributed by atoms with Crippen LogP contribution >= 0.6 is 0 Å². The van der Waals surface area contributed by atoms with Crippen LogP contribution in [0.15, 0.2) is 47.4 Å². The molecule has 0 radical (unpaired) electrons. The van der Waals surface area contributed by atoms with E-state index in [-0.39, 0.29) is 17.2 Å². The van der Waals surface area contributed by atoms with Gasteiger partial charge in [-0.3, -0.25) is 4.31 Å². The largest absolute Gasteiger partial charge is 0.478 e. The van der Waals surface area contributed by atoms with Gasteiger partial charge in [0.05, 0.1) is 17.1 Å². The first-order chi connectivity index (χ1) is 11.3. The van der Waals surface area contributed by atoms with Gasteiger partial charge in [0, 0.05) is 0 Å². The zero-order valence-corrected chi connectivity index (χ0v) is 14.1. The molecule has 0 amide bonds. The normalized spacial score (nSPS) is 17.1. The Kier molecular flexibility index (Phi) is 3.96. The fourth-order valence-corrected chi connectivity index (χ4v) is 4.02. The van der Waals surface area contributed by atoms with Crippen LogP contribution in [0.2, 0.25) is 0 Å². The lowest BCUT2D eigenvalue weighted by Gasteiger charge is -2.34. The van der Waals surface area contributed by atoms with Crippen LogP contribution in [0.25, 0.3) is 0 Å². The molecule has 7 heteroatoms. The van der Waals surface area contributed by atoms with Gasteiger partial charge in [-0.25, -0.2) is 13.2 Å². The lowest BCUT2D eigenvalue weighted by molar-refractivity contribution is -0.144. The Labute approximate surface area is 140 Å². The molecular formula is C17H17NO5S. The highest BCUT2D eigenvalue weighted by Crippen LogP contribution is 2.37. The second-order valence-electron chi connectivity index (χ2n) is 5.77. The van der Waals surface area contributed by atoms with E-state index >= 15 is 0 Å². The van der Waals surface area contributed by atoms with Crippen LogP contribution < -0.4 is 9.04 Å². The van der Waals surface area contributed by atoms with Gasteiger partial charge in [-0.1, -0.05) is 23.8 Å². The third-order valence-corrected chi connectivity index (χ3v) is 5.66. The molecule has 0 saturated heterocycles. The van der Waals surface area contributed by atoms with Crippen molar-refractivity contribution in [3.8, 4) is 5.75 Å². The molecule has 0 saturated carbocycles. The molecule has 0 spiro atoms. The first-order valence-electron chi connectivity index (χ1n) is 7.38. The average molecular weight is 347 g/mol. The van der Waals surface area contributed by atoms with Crippen LogP contribution in [0.4, 0.5) is 5.69 Å². The number of rotatable bonds is 3. The van der Waals surface area contributed by atoms with Crippen molar-refractivity contribution in [2.75, 3.05) is 10.8 Å². The van der Waals surface area contributed by atoms with E-state index in [1.54, 1.807) is 30.3 Å². The Morgan fingerprint density at radius 3 is 2.38 bits per heavy atom. The van der Waals surface area contributed by atoms with Gasteiger partial charge in [0.25, 0.3) is 10.0 Å². The number of sulfonamides is 1. The van der Waals surface area contributed by atoms with Crippen molar-refractivity contribution in [3.05, 3.63) is 53.6 Å². The summed E-state index contributed by atoms with van der Waals surface area (Å²) in [6, 6.07) is 11.5. The molecular weight excluding hydrogens is 330 g/mol. The number of benzene rings is 2. The van der Waals surface area contributed by atoms with Crippen molar-refractivity contribution >= 4 is 21.7 Å². The quantitative estimate of drug-likeness (QED) is 0.921. The Morgan fingerprint density at radius 1 is 1.12 bits per heavy atom. The number of carbonyl (C=O) groups is 1. The maximum Gasteiger partial charge on any atom is 0.346 e. The zero-order valence-electron chi connectivity index (χ0n) is 13.3. The van der Waals surface area contributed by atoms with Gasteiger partial charge < -0.3 is 9.84 Å². The van der Waals surface area contributed by atoms with E-state index in [0.29, 0.717) is 5.69 Å². The van der Waals surface area contributed by atoms with E-state index in [2.05, 4.69) is 0 Å². The number of aryl methyl sites for hydroxylation is 2. The molecule has 2 aromatic carbocycles. The number of carboxylic acid groups (broad SMARTS) is 1. The predicted molar refractivity (Wildman–Crippen MR) is 88.9 cm³/mol. The maximum atomic E-state index is 13.0. The number of hydrogen-bond donors (Lipinski definition) is 1. The van der Waals surface area contributed by atoms with Crippen molar-refractivity contribution in [2.24, 2.45) is 0 Å². The van der Waals surface area contributed by atoms with Crippen molar-refractivity contribution in [1.82, 2.24) is 0 Å². The maximum absolute atomic E-state index is 13.0. The molecule has 1 unspecified atom stereocenters. The molecule has 1 N–H and O–H groups in total.